The van der Waals surface area contributed by atoms with Gasteiger partial charge in [0.15, 0.2) is 0 Å². The van der Waals surface area contributed by atoms with E-state index in [1.54, 1.807) is 30.3 Å². The lowest BCUT2D eigenvalue weighted by Gasteiger charge is -2.32. The fourth-order valence-electron chi connectivity index (χ4n) is 4.29. The van der Waals surface area contributed by atoms with E-state index in [1.165, 1.54) is 6.20 Å². The number of amides is 2. The van der Waals surface area contributed by atoms with Gasteiger partial charge in [0.25, 0.3) is 17.4 Å². The highest BCUT2D eigenvalue weighted by atomic mass is 35.5. The van der Waals surface area contributed by atoms with E-state index in [-0.39, 0.29) is 33.2 Å². The normalized spacial score (nSPS) is 14.7. The van der Waals surface area contributed by atoms with Crippen LogP contribution >= 0.6 is 23.2 Å². The number of carbonyl (C=O) groups is 2. The van der Waals surface area contributed by atoms with E-state index < -0.39 is 5.91 Å². The van der Waals surface area contributed by atoms with Crippen LogP contribution in [0.3, 0.4) is 0 Å². The highest BCUT2D eigenvalue weighted by Gasteiger charge is 2.24. The second-order valence-electron chi connectivity index (χ2n) is 8.44. The van der Waals surface area contributed by atoms with Crippen molar-refractivity contribution in [3.05, 3.63) is 74.1 Å². The number of aromatic nitrogens is 1. The Bertz CT molecular complexity index is 1300. The first kappa shape index (κ1) is 25.0. The zero-order chi connectivity index (χ0) is 24.9. The highest BCUT2D eigenvalue weighted by molar-refractivity contribution is 6.44. The van der Waals surface area contributed by atoms with Gasteiger partial charge in [-0.2, -0.15) is 0 Å². The van der Waals surface area contributed by atoms with Gasteiger partial charge in [0.05, 0.1) is 15.6 Å². The fourth-order valence-corrected chi connectivity index (χ4v) is 4.69. The number of ether oxygens (including phenoxy) is 1. The maximum Gasteiger partial charge on any atom is 0.255 e. The standard InChI is InChI=1S/C25H26Cl2N4O4/c26-19-6-7-20(21(22(19)27)23(28)32)35-15-8-12-31(13-9-15)11-3-10-29-25(34)18-14-30-24(33)17-5-2-1-4-16(17)18/h1-2,4-7,14-15H,3,8-13H2,(H2,28,32)(H,29,34)(H,30,33). The average molecular weight is 517 g/mol. The molecule has 0 saturated carbocycles. The fraction of sp³-hybridized carbons (Fsp3) is 0.320. The number of hydrogen-bond donors (Lipinski definition) is 3. The van der Waals surface area contributed by atoms with E-state index in [1.807, 2.05) is 6.07 Å². The van der Waals surface area contributed by atoms with E-state index in [0.29, 0.717) is 28.6 Å². The van der Waals surface area contributed by atoms with Gasteiger partial charge in [0.2, 0.25) is 0 Å². The van der Waals surface area contributed by atoms with Crippen molar-refractivity contribution in [3.8, 4) is 5.75 Å². The van der Waals surface area contributed by atoms with Crippen LogP contribution in [0.2, 0.25) is 10.0 Å². The number of H-pyrrole nitrogens is 1. The van der Waals surface area contributed by atoms with Gasteiger partial charge in [-0.1, -0.05) is 41.4 Å². The number of fused-ring (bicyclic) bond motifs is 1. The SMILES string of the molecule is NC(=O)c1c(OC2CCN(CCCNC(=O)c3c[nH]c(=O)c4ccccc34)CC2)ccc(Cl)c1Cl. The van der Waals surface area contributed by atoms with Crippen molar-refractivity contribution in [2.45, 2.75) is 25.4 Å². The van der Waals surface area contributed by atoms with Crippen molar-refractivity contribution >= 4 is 45.8 Å². The van der Waals surface area contributed by atoms with E-state index in [9.17, 15) is 14.4 Å². The maximum absolute atomic E-state index is 12.6. The molecule has 1 aromatic heterocycles. The van der Waals surface area contributed by atoms with Crippen molar-refractivity contribution < 1.29 is 14.3 Å². The van der Waals surface area contributed by atoms with Crippen LogP contribution in [0.4, 0.5) is 0 Å². The smallest absolute Gasteiger partial charge is 0.255 e. The summed E-state index contributed by atoms with van der Waals surface area (Å²) >= 11 is 12.1. The van der Waals surface area contributed by atoms with Crippen molar-refractivity contribution in [2.24, 2.45) is 5.73 Å². The molecule has 2 aromatic carbocycles. The predicted molar refractivity (Wildman–Crippen MR) is 137 cm³/mol. The van der Waals surface area contributed by atoms with Crippen LogP contribution in [0.15, 0.2) is 47.4 Å². The number of pyridine rings is 1. The second kappa shape index (κ2) is 11.1. The molecule has 1 aliphatic rings. The second-order valence-corrected chi connectivity index (χ2v) is 9.23. The summed E-state index contributed by atoms with van der Waals surface area (Å²) in [5, 5.41) is 4.43. The average Bonchev–Trinajstić information content (AvgIpc) is 2.85. The molecular formula is C25H26Cl2N4O4. The number of hydrogen-bond acceptors (Lipinski definition) is 5. The van der Waals surface area contributed by atoms with E-state index in [2.05, 4.69) is 15.2 Å². The van der Waals surface area contributed by atoms with Gasteiger partial charge in [-0.3, -0.25) is 14.4 Å². The zero-order valence-electron chi connectivity index (χ0n) is 19.0. The van der Waals surface area contributed by atoms with Gasteiger partial charge >= 0.3 is 0 Å². The minimum atomic E-state index is -0.679. The summed E-state index contributed by atoms with van der Waals surface area (Å²) < 4.78 is 6.03. The molecule has 0 radical (unpaired) electrons. The number of halogens is 2. The monoisotopic (exact) mass is 516 g/mol. The number of nitrogens with zero attached hydrogens (tertiary/aromatic N) is 1. The summed E-state index contributed by atoms with van der Waals surface area (Å²) in [6.45, 7) is 3.01. The molecule has 10 heteroatoms. The molecule has 2 amide bonds. The quantitative estimate of drug-likeness (QED) is 0.395. The van der Waals surface area contributed by atoms with Gasteiger partial charge in [-0.05, 0) is 44.0 Å². The maximum atomic E-state index is 12.6. The molecule has 0 atom stereocenters. The van der Waals surface area contributed by atoms with Crippen molar-refractivity contribution in [3.63, 3.8) is 0 Å². The first-order valence-electron chi connectivity index (χ1n) is 11.4. The summed E-state index contributed by atoms with van der Waals surface area (Å²) in [6, 6.07) is 10.3. The summed E-state index contributed by atoms with van der Waals surface area (Å²) in [5.41, 5.74) is 5.80. The van der Waals surface area contributed by atoms with Crippen molar-refractivity contribution in [1.82, 2.24) is 15.2 Å². The van der Waals surface area contributed by atoms with Crippen LogP contribution < -0.4 is 21.3 Å². The number of piperidine rings is 1. The minimum absolute atomic E-state index is 0.0604. The molecule has 4 rings (SSSR count). The topological polar surface area (TPSA) is 118 Å². The number of carbonyl (C=O) groups excluding carboxylic acids is 2. The third-order valence-corrected chi connectivity index (χ3v) is 6.93. The summed E-state index contributed by atoms with van der Waals surface area (Å²) in [4.78, 5) is 41.3. The number of nitrogens with one attached hydrogen (secondary N) is 2. The summed E-state index contributed by atoms with van der Waals surface area (Å²) in [5.74, 6) is -0.541. The molecule has 184 valence electrons. The Labute approximate surface area is 212 Å². The molecule has 35 heavy (non-hydrogen) atoms. The predicted octanol–water partition coefficient (Wildman–Crippen LogP) is 3.60. The van der Waals surface area contributed by atoms with Crippen LogP contribution in [-0.2, 0) is 0 Å². The lowest BCUT2D eigenvalue weighted by atomic mass is 10.1. The molecule has 0 bridgehead atoms. The first-order chi connectivity index (χ1) is 16.8. The Balaban J connectivity index is 1.24. The third-order valence-electron chi connectivity index (χ3n) is 6.12. The number of nitrogens with two attached hydrogens (primary N) is 1. The van der Waals surface area contributed by atoms with Crippen LogP contribution in [0.5, 0.6) is 5.75 Å². The van der Waals surface area contributed by atoms with Crippen LogP contribution in [-0.4, -0.2) is 54.0 Å². The number of likely N-dealkylation sites (tertiary alicyclic amines) is 1. The molecule has 1 aliphatic heterocycles. The van der Waals surface area contributed by atoms with Gasteiger partial charge in [0.1, 0.15) is 17.4 Å². The molecule has 4 N–H and O–H groups in total. The van der Waals surface area contributed by atoms with Crippen LogP contribution in [0, 0.1) is 0 Å². The van der Waals surface area contributed by atoms with E-state index >= 15 is 0 Å². The lowest BCUT2D eigenvalue weighted by Crippen LogP contribution is -2.39. The van der Waals surface area contributed by atoms with Crippen molar-refractivity contribution in [1.29, 1.82) is 0 Å². The number of rotatable bonds is 8. The number of primary amides is 1. The van der Waals surface area contributed by atoms with Crippen LogP contribution in [0.1, 0.15) is 40.0 Å². The highest BCUT2D eigenvalue weighted by Crippen LogP contribution is 2.34. The molecular weight excluding hydrogens is 491 g/mol. The number of aromatic amines is 1. The van der Waals surface area contributed by atoms with Crippen molar-refractivity contribution in [2.75, 3.05) is 26.2 Å². The van der Waals surface area contributed by atoms with Gasteiger partial charge in [-0.25, -0.2) is 0 Å². The van der Waals surface area contributed by atoms with Gasteiger partial charge < -0.3 is 25.7 Å². The molecule has 0 aliphatic carbocycles. The Kier molecular flexibility index (Phi) is 7.95. The Morgan fingerprint density at radius 2 is 1.83 bits per heavy atom. The van der Waals surface area contributed by atoms with E-state index in [0.717, 1.165) is 38.9 Å². The number of benzene rings is 2. The minimum Gasteiger partial charge on any atom is -0.489 e. The Morgan fingerprint density at radius 3 is 2.54 bits per heavy atom. The Hall–Kier alpha value is -3.07. The molecule has 0 spiro atoms. The zero-order valence-corrected chi connectivity index (χ0v) is 20.5. The van der Waals surface area contributed by atoms with Gasteiger partial charge in [-0.15, -0.1) is 0 Å². The molecule has 1 saturated heterocycles. The molecule has 0 unspecified atom stereocenters. The molecule has 3 aromatic rings. The lowest BCUT2D eigenvalue weighted by molar-refractivity contribution is 0.0922. The first-order valence-corrected chi connectivity index (χ1v) is 12.2. The van der Waals surface area contributed by atoms with E-state index in [4.69, 9.17) is 33.7 Å². The molecule has 1 fully saturated rings. The van der Waals surface area contributed by atoms with Gasteiger partial charge in [0, 0.05) is 36.6 Å². The molecule has 8 nitrogen and oxygen atoms in total. The van der Waals surface area contributed by atoms with Crippen LogP contribution in [0.25, 0.3) is 10.8 Å². The Morgan fingerprint density at radius 1 is 1.11 bits per heavy atom. The third kappa shape index (κ3) is 5.78. The molecule has 2 heterocycles. The summed E-state index contributed by atoms with van der Waals surface area (Å²) in [7, 11) is 0. The summed E-state index contributed by atoms with van der Waals surface area (Å²) in [6.07, 6.45) is 3.76. The largest absolute Gasteiger partial charge is 0.489 e.